The van der Waals surface area contributed by atoms with Crippen LogP contribution in [0.1, 0.15) is 36.0 Å². The van der Waals surface area contributed by atoms with Crippen molar-refractivity contribution >= 4 is 33.1 Å². The Morgan fingerprint density at radius 2 is 1.38 bits per heavy atom. The van der Waals surface area contributed by atoms with Gasteiger partial charge in [-0.3, -0.25) is 0 Å². The van der Waals surface area contributed by atoms with E-state index in [0.29, 0.717) is 17.5 Å². The Morgan fingerprint density at radius 3 is 2.21 bits per heavy atom. The molecule has 2 atom stereocenters. The van der Waals surface area contributed by atoms with Crippen LogP contribution in [0.25, 0.3) is 55.6 Å². The minimum Gasteiger partial charge on any atom is -0.455 e. The molecule has 3 aliphatic rings. The quantitative estimate of drug-likeness (QED) is 0.196. The van der Waals surface area contributed by atoms with Gasteiger partial charge in [-0.15, -0.1) is 0 Å². The molecule has 224 valence electrons. The van der Waals surface area contributed by atoms with E-state index in [1.165, 1.54) is 16.5 Å². The molecule has 2 unspecified atom stereocenters. The van der Waals surface area contributed by atoms with E-state index >= 15 is 0 Å². The molecular formula is C43H31N3O. The number of furan rings is 1. The van der Waals surface area contributed by atoms with Gasteiger partial charge in [0.25, 0.3) is 0 Å². The Bertz CT molecular complexity index is 2350. The van der Waals surface area contributed by atoms with Crippen LogP contribution in [0.15, 0.2) is 162 Å². The molecule has 0 fully saturated rings. The fourth-order valence-corrected chi connectivity index (χ4v) is 7.18. The van der Waals surface area contributed by atoms with E-state index in [9.17, 15) is 0 Å². The van der Waals surface area contributed by atoms with E-state index in [2.05, 4.69) is 127 Å². The third-order valence-corrected chi connectivity index (χ3v) is 9.39. The van der Waals surface area contributed by atoms with Gasteiger partial charge in [-0.1, -0.05) is 146 Å². The maximum atomic E-state index is 6.62. The predicted molar refractivity (Wildman–Crippen MR) is 191 cm³/mol. The molecule has 0 amide bonds. The number of nitrogens with zero attached hydrogens (tertiary/aromatic N) is 3. The number of para-hydroxylation sites is 1. The van der Waals surface area contributed by atoms with Crippen LogP contribution < -0.4 is 0 Å². The Balaban J connectivity index is 1.18. The number of hydrogen-bond acceptors (Lipinski definition) is 4. The highest BCUT2D eigenvalue weighted by Crippen LogP contribution is 2.47. The van der Waals surface area contributed by atoms with Gasteiger partial charge in [-0.2, -0.15) is 0 Å². The van der Waals surface area contributed by atoms with Crippen molar-refractivity contribution in [3.8, 4) is 22.5 Å². The summed E-state index contributed by atoms with van der Waals surface area (Å²) in [6.07, 6.45) is 21.9. The number of benzene rings is 4. The molecule has 4 heteroatoms. The van der Waals surface area contributed by atoms with Gasteiger partial charge in [0.05, 0.1) is 0 Å². The maximum Gasteiger partial charge on any atom is 0.164 e. The average Bonchev–Trinajstić information content (AvgIpc) is 3.55. The van der Waals surface area contributed by atoms with Crippen LogP contribution in [0.4, 0.5) is 0 Å². The number of rotatable bonds is 5. The van der Waals surface area contributed by atoms with E-state index in [1.807, 2.05) is 24.3 Å². The van der Waals surface area contributed by atoms with E-state index < -0.39 is 0 Å². The topological polar surface area (TPSA) is 51.8 Å². The number of aromatic nitrogens is 3. The third-order valence-electron chi connectivity index (χ3n) is 9.39. The molecule has 6 aromatic rings. The molecule has 0 bridgehead atoms. The SMILES string of the molecule is C1=CC2=C(c3nc(C4=CCCC=C4)nc(-c4ccccc4)n3)C=CC(c3cccc4oc5c(-c6ccccc6)cccc5c34)C2C=C1. The molecule has 47 heavy (non-hydrogen) atoms. The Kier molecular flexibility index (Phi) is 6.71. The second kappa shape index (κ2) is 11.5. The molecule has 2 heterocycles. The van der Waals surface area contributed by atoms with Crippen LogP contribution >= 0.6 is 0 Å². The standard InChI is InChI=1S/C43H31N3O/c1-4-14-28(15-5-1)31-22-12-24-37-39-35(23-13-25-38(39)47-40(31)37)34-26-27-36(33-21-11-10-20-32(33)34)43-45-41(29-16-6-2-7-17-29)44-42(46-43)30-18-8-3-9-19-30/h1-2,4-8,10-27,32,34H,3,9H2. The predicted octanol–water partition coefficient (Wildman–Crippen LogP) is 10.7. The molecule has 0 saturated heterocycles. The first-order valence-electron chi connectivity index (χ1n) is 16.3. The summed E-state index contributed by atoms with van der Waals surface area (Å²) in [5, 5.41) is 2.31. The lowest BCUT2D eigenvalue weighted by Gasteiger charge is -2.31. The molecule has 0 aliphatic heterocycles. The Hall–Kier alpha value is -5.87. The van der Waals surface area contributed by atoms with Crippen molar-refractivity contribution in [2.45, 2.75) is 18.8 Å². The van der Waals surface area contributed by atoms with Gasteiger partial charge in [0.2, 0.25) is 0 Å². The Morgan fingerprint density at radius 1 is 0.596 bits per heavy atom. The molecule has 4 aromatic carbocycles. The van der Waals surface area contributed by atoms with Gasteiger partial charge in [0.1, 0.15) is 11.2 Å². The van der Waals surface area contributed by atoms with Gasteiger partial charge in [-0.25, -0.2) is 15.0 Å². The fourth-order valence-electron chi connectivity index (χ4n) is 7.18. The minimum atomic E-state index is 0.110. The highest BCUT2D eigenvalue weighted by molar-refractivity contribution is 6.11. The van der Waals surface area contributed by atoms with E-state index in [1.54, 1.807) is 0 Å². The van der Waals surface area contributed by atoms with Crippen LogP contribution in [0.3, 0.4) is 0 Å². The van der Waals surface area contributed by atoms with Crippen LogP contribution in [0.2, 0.25) is 0 Å². The summed E-state index contributed by atoms with van der Waals surface area (Å²) in [6, 6.07) is 33.6. The van der Waals surface area contributed by atoms with Crippen molar-refractivity contribution in [3.63, 3.8) is 0 Å². The summed E-state index contributed by atoms with van der Waals surface area (Å²) in [5.41, 5.74) is 9.60. The van der Waals surface area contributed by atoms with Gasteiger partial charge in [0.15, 0.2) is 17.5 Å². The van der Waals surface area contributed by atoms with Crippen molar-refractivity contribution < 1.29 is 4.42 Å². The summed E-state index contributed by atoms with van der Waals surface area (Å²) >= 11 is 0. The molecule has 0 N–H and O–H groups in total. The van der Waals surface area contributed by atoms with Crippen LogP contribution in [0.5, 0.6) is 0 Å². The second-order valence-electron chi connectivity index (χ2n) is 12.2. The molecule has 9 rings (SSSR count). The minimum absolute atomic E-state index is 0.110. The summed E-state index contributed by atoms with van der Waals surface area (Å²) in [5.74, 6) is 2.32. The first-order chi connectivity index (χ1) is 23.3. The number of hydrogen-bond donors (Lipinski definition) is 0. The maximum absolute atomic E-state index is 6.62. The lowest BCUT2D eigenvalue weighted by Crippen LogP contribution is -2.18. The fraction of sp³-hybridized carbons (Fsp3) is 0.0930. The van der Waals surface area contributed by atoms with Gasteiger partial charge in [0, 0.05) is 44.9 Å². The van der Waals surface area contributed by atoms with Crippen molar-refractivity contribution in [1.29, 1.82) is 0 Å². The largest absolute Gasteiger partial charge is 0.455 e. The second-order valence-corrected chi connectivity index (χ2v) is 12.2. The zero-order valence-electron chi connectivity index (χ0n) is 25.8. The van der Waals surface area contributed by atoms with Gasteiger partial charge in [-0.05, 0) is 35.6 Å². The smallest absolute Gasteiger partial charge is 0.164 e. The molecule has 3 aliphatic carbocycles. The average molecular weight is 606 g/mol. The Labute approximate surface area is 273 Å². The number of allylic oxidation sites excluding steroid dienone is 12. The van der Waals surface area contributed by atoms with E-state index in [0.717, 1.165) is 57.2 Å². The normalized spacial score (nSPS) is 18.6. The summed E-state index contributed by atoms with van der Waals surface area (Å²) in [6.45, 7) is 0. The number of fused-ring (bicyclic) bond motifs is 4. The van der Waals surface area contributed by atoms with Crippen molar-refractivity contribution in [1.82, 2.24) is 15.0 Å². The van der Waals surface area contributed by atoms with E-state index in [-0.39, 0.29) is 11.8 Å². The highest BCUT2D eigenvalue weighted by Gasteiger charge is 2.31. The van der Waals surface area contributed by atoms with Gasteiger partial charge >= 0.3 is 0 Å². The zero-order chi connectivity index (χ0) is 31.2. The molecule has 4 nitrogen and oxygen atoms in total. The molecular weight excluding hydrogens is 574 g/mol. The third kappa shape index (κ3) is 4.81. The lowest BCUT2D eigenvalue weighted by molar-refractivity contribution is 0.663. The highest BCUT2D eigenvalue weighted by atomic mass is 16.3. The van der Waals surface area contributed by atoms with Crippen LogP contribution in [-0.2, 0) is 0 Å². The van der Waals surface area contributed by atoms with Crippen LogP contribution in [-0.4, -0.2) is 15.0 Å². The zero-order valence-corrected chi connectivity index (χ0v) is 25.8. The summed E-state index contributed by atoms with van der Waals surface area (Å²) in [7, 11) is 0. The van der Waals surface area contributed by atoms with Crippen molar-refractivity contribution in [2.24, 2.45) is 5.92 Å². The molecule has 0 spiro atoms. The summed E-state index contributed by atoms with van der Waals surface area (Å²) in [4.78, 5) is 15.1. The van der Waals surface area contributed by atoms with Crippen molar-refractivity contribution in [3.05, 3.63) is 175 Å². The monoisotopic (exact) mass is 605 g/mol. The lowest BCUT2D eigenvalue weighted by atomic mass is 9.73. The molecule has 0 saturated carbocycles. The van der Waals surface area contributed by atoms with Crippen molar-refractivity contribution in [2.75, 3.05) is 0 Å². The first-order valence-corrected chi connectivity index (χ1v) is 16.3. The molecule has 0 radical (unpaired) electrons. The van der Waals surface area contributed by atoms with Crippen LogP contribution in [0, 0.1) is 5.92 Å². The summed E-state index contributed by atoms with van der Waals surface area (Å²) < 4.78 is 6.62. The van der Waals surface area contributed by atoms with Gasteiger partial charge < -0.3 is 4.42 Å². The van der Waals surface area contributed by atoms with E-state index in [4.69, 9.17) is 19.4 Å². The first kappa shape index (κ1) is 27.4. The molecule has 2 aromatic heterocycles.